The van der Waals surface area contributed by atoms with Gasteiger partial charge in [0.25, 0.3) is 0 Å². The Hall–Kier alpha value is -1.55. The lowest BCUT2D eigenvalue weighted by atomic mass is 10.2. The van der Waals surface area contributed by atoms with Gasteiger partial charge in [0.1, 0.15) is 6.54 Å². The van der Waals surface area contributed by atoms with Gasteiger partial charge in [0, 0.05) is 43.5 Å². The highest BCUT2D eigenvalue weighted by molar-refractivity contribution is 14.0. The average Bonchev–Trinajstić information content (AvgIpc) is 2.94. The average molecular weight is 548 g/mol. The summed E-state index contributed by atoms with van der Waals surface area (Å²) < 4.78 is 3.11. The highest BCUT2D eigenvalue weighted by Gasteiger charge is 2.10. The molecule has 27 heavy (non-hydrogen) atoms. The highest BCUT2D eigenvalue weighted by Crippen LogP contribution is 2.14. The molecule has 0 fully saturated rings. The number of amides is 1. The molecular formula is C19H27BrIN5O. The van der Waals surface area contributed by atoms with Gasteiger partial charge in [0.2, 0.25) is 5.91 Å². The molecule has 0 atom stereocenters. The molecule has 1 aromatic heterocycles. The molecule has 1 aromatic carbocycles. The summed E-state index contributed by atoms with van der Waals surface area (Å²) in [5.74, 6) is 0.610. The third-order valence-electron chi connectivity index (χ3n) is 3.88. The molecule has 1 heterocycles. The van der Waals surface area contributed by atoms with Gasteiger partial charge in [-0.3, -0.25) is 4.79 Å². The van der Waals surface area contributed by atoms with Gasteiger partial charge >= 0.3 is 0 Å². The number of aryl methyl sites for hydroxylation is 1. The van der Waals surface area contributed by atoms with Crippen LogP contribution in [0.25, 0.3) is 0 Å². The van der Waals surface area contributed by atoms with Gasteiger partial charge in [0.15, 0.2) is 5.96 Å². The fraction of sp³-hybridized carbons (Fsp3) is 0.368. The molecule has 2 N–H and O–H groups in total. The third kappa shape index (κ3) is 7.92. The maximum atomic E-state index is 12.1. The van der Waals surface area contributed by atoms with Crippen LogP contribution in [0, 0.1) is 0 Å². The Bertz CT molecular complexity index is 748. The van der Waals surface area contributed by atoms with Crippen molar-refractivity contribution in [3.8, 4) is 0 Å². The van der Waals surface area contributed by atoms with E-state index >= 15 is 0 Å². The number of carbonyl (C=O) groups excluding carboxylic acids is 1. The number of aliphatic imine (C=N–C) groups is 1. The maximum absolute atomic E-state index is 12.1. The Balaban J connectivity index is 0.00000364. The minimum Gasteiger partial charge on any atom is -0.357 e. The number of aromatic nitrogens is 1. The van der Waals surface area contributed by atoms with Gasteiger partial charge in [-0.05, 0) is 34.5 Å². The van der Waals surface area contributed by atoms with Crippen LogP contribution in [0.1, 0.15) is 18.2 Å². The van der Waals surface area contributed by atoms with Crippen molar-refractivity contribution in [3.05, 3.63) is 58.3 Å². The summed E-state index contributed by atoms with van der Waals surface area (Å²) in [7, 11) is 3.97. The van der Waals surface area contributed by atoms with Gasteiger partial charge in [-0.15, -0.1) is 24.0 Å². The summed E-state index contributed by atoms with van der Waals surface area (Å²) in [6.07, 6.45) is 2.02. The topological polar surface area (TPSA) is 61.7 Å². The van der Waals surface area contributed by atoms with Crippen LogP contribution in [0.4, 0.5) is 0 Å². The molecule has 0 spiro atoms. The second kappa shape index (κ2) is 12.0. The van der Waals surface area contributed by atoms with Crippen molar-refractivity contribution in [1.82, 2.24) is 20.1 Å². The first-order valence-corrected chi connectivity index (χ1v) is 9.39. The van der Waals surface area contributed by atoms with Crippen molar-refractivity contribution in [2.75, 3.05) is 20.1 Å². The van der Waals surface area contributed by atoms with Crippen LogP contribution in [0.3, 0.4) is 0 Å². The Kier molecular flexibility index (Phi) is 10.5. The molecule has 6 nitrogen and oxygen atoms in total. The lowest BCUT2D eigenvalue weighted by Gasteiger charge is -2.22. The van der Waals surface area contributed by atoms with Gasteiger partial charge in [-0.25, -0.2) is 4.99 Å². The van der Waals surface area contributed by atoms with E-state index in [0.717, 1.165) is 22.3 Å². The molecule has 0 aliphatic heterocycles. The number of nitrogens with zero attached hydrogens (tertiary/aromatic N) is 3. The molecule has 148 valence electrons. The molecule has 0 aliphatic rings. The lowest BCUT2D eigenvalue weighted by Crippen LogP contribution is -2.39. The minimum absolute atomic E-state index is 0. The molecule has 8 heteroatoms. The third-order valence-corrected chi connectivity index (χ3v) is 4.31. The molecule has 2 aromatic rings. The zero-order chi connectivity index (χ0) is 18.9. The summed E-state index contributed by atoms with van der Waals surface area (Å²) in [5.41, 5.74) is 2.22. The molecular weight excluding hydrogens is 521 g/mol. The number of rotatable bonds is 7. The van der Waals surface area contributed by atoms with E-state index in [1.807, 2.05) is 62.4 Å². The fourth-order valence-electron chi connectivity index (χ4n) is 2.51. The van der Waals surface area contributed by atoms with Gasteiger partial charge in [-0.2, -0.15) is 0 Å². The van der Waals surface area contributed by atoms with Crippen molar-refractivity contribution in [2.24, 2.45) is 12.0 Å². The number of hydrogen-bond acceptors (Lipinski definition) is 2. The first kappa shape index (κ1) is 23.5. The van der Waals surface area contributed by atoms with E-state index in [-0.39, 0.29) is 36.4 Å². The normalized spacial score (nSPS) is 10.9. The summed E-state index contributed by atoms with van der Waals surface area (Å²) in [5, 5.41) is 6.13. The zero-order valence-corrected chi connectivity index (χ0v) is 19.8. The van der Waals surface area contributed by atoms with Crippen molar-refractivity contribution >= 4 is 51.8 Å². The summed E-state index contributed by atoms with van der Waals surface area (Å²) in [6, 6.07) is 11.9. The van der Waals surface area contributed by atoms with E-state index < -0.39 is 0 Å². The fourth-order valence-corrected chi connectivity index (χ4v) is 3.08. The van der Waals surface area contributed by atoms with Crippen LogP contribution in [0.15, 0.2) is 52.1 Å². The van der Waals surface area contributed by atoms with Crippen molar-refractivity contribution in [1.29, 1.82) is 0 Å². The van der Waals surface area contributed by atoms with Crippen LogP contribution < -0.4 is 10.6 Å². The van der Waals surface area contributed by atoms with E-state index in [9.17, 15) is 4.79 Å². The maximum Gasteiger partial charge on any atom is 0.242 e. The van der Waals surface area contributed by atoms with E-state index in [1.54, 1.807) is 0 Å². The second-order valence-corrected chi connectivity index (χ2v) is 6.96. The number of nitrogens with one attached hydrogen (secondary N) is 2. The number of carbonyl (C=O) groups is 1. The molecule has 1 amide bonds. The van der Waals surface area contributed by atoms with Gasteiger partial charge in [-0.1, -0.05) is 30.3 Å². The van der Waals surface area contributed by atoms with E-state index in [2.05, 4.69) is 42.2 Å². The smallest absolute Gasteiger partial charge is 0.242 e. The van der Waals surface area contributed by atoms with Crippen LogP contribution in [0.5, 0.6) is 0 Å². The first-order valence-electron chi connectivity index (χ1n) is 8.60. The number of benzene rings is 1. The number of halogens is 2. The molecule has 0 unspecified atom stereocenters. The van der Waals surface area contributed by atoms with E-state index in [0.29, 0.717) is 19.0 Å². The molecule has 0 saturated heterocycles. The van der Waals surface area contributed by atoms with Gasteiger partial charge in [0.05, 0.1) is 6.54 Å². The van der Waals surface area contributed by atoms with Crippen molar-refractivity contribution in [3.63, 3.8) is 0 Å². The van der Waals surface area contributed by atoms with Crippen LogP contribution in [-0.4, -0.2) is 41.5 Å². The standard InChI is InChI=1S/C19H26BrN5O.HI/c1-4-21-19(25(3)14-17-10-16(20)13-24(17)2)23-12-18(26)22-11-15-8-6-5-7-9-15;/h5-10,13H,4,11-12,14H2,1-3H3,(H,21,23)(H,22,26);1H. The summed E-state index contributed by atoms with van der Waals surface area (Å²) >= 11 is 3.49. The SMILES string of the molecule is CCNC(=NCC(=O)NCc1ccccc1)N(C)Cc1cc(Br)cn1C.I. The summed E-state index contributed by atoms with van der Waals surface area (Å²) in [6.45, 7) is 4.05. The van der Waals surface area contributed by atoms with Crippen LogP contribution in [0.2, 0.25) is 0 Å². The van der Waals surface area contributed by atoms with Crippen molar-refractivity contribution in [2.45, 2.75) is 20.0 Å². The molecule has 0 bridgehead atoms. The summed E-state index contributed by atoms with van der Waals surface area (Å²) in [4.78, 5) is 18.6. The molecule has 2 rings (SSSR count). The van der Waals surface area contributed by atoms with Crippen LogP contribution in [-0.2, 0) is 24.9 Å². The van der Waals surface area contributed by atoms with Crippen molar-refractivity contribution < 1.29 is 4.79 Å². The monoisotopic (exact) mass is 547 g/mol. The van der Waals surface area contributed by atoms with Crippen LogP contribution >= 0.6 is 39.9 Å². The Labute approximate surface area is 186 Å². The van der Waals surface area contributed by atoms with Gasteiger partial charge < -0.3 is 20.1 Å². The predicted octanol–water partition coefficient (Wildman–Crippen LogP) is 3.12. The molecule has 0 saturated carbocycles. The molecule has 0 aliphatic carbocycles. The Morgan fingerprint density at radius 2 is 1.96 bits per heavy atom. The predicted molar refractivity (Wildman–Crippen MR) is 124 cm³/mol. The highest BCUT2D eigenvalue weighted by atomic mass is 127. The lowest BCUT2D eigenvalue weighted by molar-refractivity contribution is -0.119. The zero-order valence-electron chi connectivity index (χ0n) is 15.9. The van der Waals surface area contributed by atoms with E-state index in [1.165, 1.54) is 0 Å². The number of hydrogen-bond donors (Lipinski definition) is 2. The Morgan fingerprint density at radius 3 is 2.56 bits per heavy atom. The number of guanidine groups is 1. The first-order chi connectivity index (χ1) is 12.5. The largest absolute Gasteiger partial charge is 0.357 e. The quantitative estimate of drug-likeness (QED) is 0.318. The van der Waals surface area contributed by atoms with E-state index in [4.69, 9.17) is 0 Å². The Morgan fingerprint density at radius 1 is 1.26 bits per heavy atom. The second-order valence-electron chi connectivity index (χ2n) is 6.05. The minimum atomic E-state index is -0.0979. The molecule has 0 radical (unpaired) electrons.